The number of aryl methyl sites for hydroxylation is 1. The maximum Gasteiger partial charge on any atom is 0.272 e. The van der Waals surface area contributed by atoms with Gasteiger partial charge in [-0.15, -0.1) is 0 Å². The molecule has 130 valence electrons. The smallest absolute Gasteiger partial charge is 0.272 e. The molecule has 25 heavy (non-hydrogen) atoms. The number of furan rings is 1. The molecule has 1 amide bonds. The van der Waals surface area contributed by atoms with Gasteiger partial charge in [0.25, 0.3) is 5.91 Å². The van der Waals surface area contributed by atoms with Crippen LogP contribution in [0.3, 0.4) is 0 Å². The molecule has 1 unspecified atom stereocenters. The van der Waals surface area contributed by atoms with Gasteiger partial charge in [-0.2, -0.15) is 5.10 Å². The van der Waals surface area contributed by atoms with Gasteiger partial charge in [0.15, 0.2) is 0 Å². The highest BCUT2D eigenvalue weighted by Gasteiger charge is 2.30. The summed E-state index contributed by atoms with van der Waals surface area (Å²) < 4.78 is 7.59. The Hall–Kier alpha value is -2.76. The zero-order valence-corrected chi connectivity index (χ0v) is 14.3. The van der Waals surface area contributed by atoms with Crippen molar-refractivity contribution in [2.45, 2.75) is 31.7 Å². The third kappa shape index (κ3) is 2.99. The average Bonchev–Trinajstić information content (AvgIpc) is 3.34. The highest BCUT2D eigenvalue weighted by atomic mass is 16.3. The van der Waals surface area contributed by atoms with Gasteiger partial charge >= 0.3 is 0 Å². The molecule has 3 aromatic rings. The fraction of sp³-hybridized carbons (Fsp3) is 0.368. The number of hydrogen-bond acceptors (Lipinski definition) is 3. The normalized spacial score (nSPS) is 18.3. The molecule has 3 aromatic heterocycles. The van der Waals surface area contributed by atoms with Crippen LogP contribution in [0.15, 0.2) is 47.2 Å². The highest BCUT2D eigenvalue weighted by Crippen LogP contribution is 2.31. The van der Waals surface area contributed by atoms with E-state index in [0.29, 0.717) is 5.69 Å². The number of amides is 1. The number of carbonyl (C=O) groups excluding carboxylic acids is 1. The number of rotatable bonds is 3. The second-order valence-electron chi connectivity index (χ2n) is 6.55. The lowest BCUT2D eigenvalue weighted by Crippen LogP contribution is -2.34. The van der Waals surface area contributed by atoms with Gasteiger partial charge in [0.1, 0.15) is 17.1 Å². The second kappa shape index (κ2) is 6.63. The van der Waals surface area contributed by atoms with Gasteiger partial charge in [0.2, 0.25) is 0 Å². The van der Waals surface area contributed by atoms with Crippen molar-refractivity contribution in [1.82, 2.24) is 19.7 Å². The van der Waals surface area contributed by atoms with Gasteiger partial charge in [-0.1, -0.05) is 12.8 Å². The van der Waals surface area contributed by atoms with E-state index in [1.165, 1.54) is 0 Å². The summed E-state index contributed by atoms with van der Waals surface area (Å²) in [5.74, 6) is 0.841. The zero-order valence-electron chi connectivity index (χ0n) is 14.3. The Balaban J connectivity index is 1.62. The summed E-state index contributed by atoms with van der Waals surface area (Å²) >= 11 is 0. The summed E-state index contributed by atoms with van der Waals surface area (Å²) in [7, 11) is 1.97. The summed E-state index contributed by atoms with van der Waals surface area (Å²) in [5.41, 5.74) is 2.28. The maximum absolute atomic E-state index is 13.1. The quantitative estimate of drug-likeness (QED) is 0.790. The fourth-order valence-electron chi connectivity index (χ4n) is 3.57. The minimum absolute atomic E-state index is 0.00761. The van der Waals surface area contributed by atoms with E-state index in [9.17, 15) is 4.79 Å². The Morgan fingerprint density at radius 2 is 2.20 bits per heavy atom. The molecule has 1 fully saturated rings. The summed E-state index contributed by atoms with van der Waals surface area (Å²) in [6, 6.07) is 9.62. The predicted molar refractivity (Wildman–Crippen MR) is 93.9 cm³/mol. The molecule has 0 aromatic carbocycles. The van der Waals surface area contributed by atoms with Crippen LogP contribution in [0.25, 0.3) is 11.4 Å². The van der Waals surface area contributed by atoms with Crippen LogP contribution >= 0.6 is 0 Å². The molecule has 1 aliphatic rings. The summed E-state index contributed by atoms with van der Waals surface area (Å²) in [6.45, 7) is 0.739. The van der Waals surface area contributed by atoms with E-state index in [4.69, 9.17) is 4.42 Å². The minimum Gasteiger partial charge on any atom is -0.467 e. The molecule has 6 heteroatoms. The van der Waals surface area contributed by atoms with Crippen LogP contribution in [0, 0.1) is 0 Å². The van der Waals surface area contributed by atoms with Crippen molar-refractivity contribution in [2.75, 3.05) is 6.54 Å². The number of aromatic amines is 1. The largest absolute Gasteiger partial charge is 0.467 e. The lowest BCUT2D eigenvalue weighted by Gasteiger charge is -2.28. The Morgan fingerprint density at radius 1 is 1.28 bits per heavy atom. The molecule has 0 aliphatic carbocycles. The predicted octanol–water partition coefficient (Wildman–Crippen LogP) is 3.77. The molecule has 0 spiro atoms. The molecule has 0 bridgehead atoms. The van der Waals surface area contributed by atoms with E-state index < -0.39 is 0 Å². The molecule has 4 heterocycles. The van der Waals surface area contributed by atoms with E-state index in [-0.39, 0.29) is 11.9 Å². The van der Waals surface area contributed by atoms with Crippen molar-refractivity contribution < 1.29 is 9.21 Å². The van der Waals surface area contributed by atoms with Crippen LogP contribution in [0.2, 0.25) is 0 Å². The van der Waals surface area contributed by atoms with Crippen LogP contribution in [0.5, 0.6) is 0 Å². The fourth-order valence-corrected chi connectivity index (χ4v) is 3.57. The van der Waals surface area contributed by atoms with E-state index in [1.54, 1.807) is 6.26 Å². The van der Waals surface area contributed by atoms with E-state index in [0.717, 1.165) is 49.4 Å². The third-order valence-corrected chi connectivity index (χ3v) is 4.90. The topological polar surface area (TPSA) is 67.1 Å². The number of carbonyl (C=O) groups is 1. The number of H-pyrrole nitrogens is 1. The Labute approximate surface area is 146 Å². The van der Waals surface area contributed by atoms with Crippen molar-refractivity contribution in [3.05, 3.63) is 54.2 Å². The van der Waals surface area contributed by atoms with Crippen LogP contribution in [-0.4, -0.2) is 32.1 Å². The number of hydrogen-bond donors (Lipinski definition) is 1. The van der Waals surface area contributed by atoms with Gasteiger partial charge in [-0.05, 0) is 43.2 Å². The van der Waals surface area contributed by atoms with Gasteiger partial charge in [0.05, 0.1) is 18.0 Å². The van der Waals surface area contributed by atoms with Crippen LogP contribution in [0.4, 0.5) is 0 Å². The van der Waals surface area contributed by atoms with E-state index in [2.05, 4.69) is 10.2 Å². The van der Waals surface area contributed by atoms with Crippen molar-refractivity contribution in [1.29, 1.82) is 0 Å². The first-order valence-corrected chi connectivity index (χ1v) is 8.75. The Morgan fingerprint density at radius 3 is 2.96 bits per heavy atom. The molecule has 1 N–H and O–H groups in total. The van der Waals surface area contributed by atoms with Crippen molar-refractivity contribution in [2.24, 2.45) is 7.05 Å². The van der Waals surface area contributed by atoms with Gasteiger partial charge < -0.3 is 13.9 Å². The summed E-state index contributed by atoms with van der Waals surface area (Å²) in [6.07, 6.45) is 7.82. The lowest BCUT2D eigenvalue weighted by atomic mass is 10.1. The first-order valence-electron chi connectivity index (χ1n) is 8.75. The third-order valence-electron chi connectivity index (χ3n) is 4.90. The molecule has 0 radical (unpaired) electrons. The first kappa shape index (κ1) is 15.7. The molecule has 1 saturated heterocycles. The molecule has 0 saturated carbocycles. The average molecular weight is 338 g/mol. The summed E-state index contributed by atoms with van der Waals surface area (Å²) in [5, 5.41) is 7.25. The first-order chi connectivity index (χ1) is 12.2. The van der Waals surface area contributed by atoms with Crippen molar-refractivity contribution >= 4 is 5.91 Å². The number of likely N-dealkylation sites (tertiary alicyclic amines) is 1. The zero-order chi connectivity index (χ0) is 17.2. The maximum atomic E-state index is 13.1. The molecular formula is C19H22N4O2. The number of nitrogens with one attached hydrogen (secondary N) is 1. The van der Waals surface area contributed by atoms with Crippen molar-refractivity contribution in [3.63, 3.8) is 0 Å². The van der Waals surface area contributed by atoms with Crippen LogP contribution < -0.4 is 0 Å². The monoisotopic (exact) mass is 338 g/mol. The number of nitrogens with zero attached hydrogens (tertiary/aromatic N) is 3. The SMILES string of the molecule is Cn1cccc1-c1cc(C(=O)N2CCCCCC2c2ccco2)[nH]n1. The summed E-state index contributed by atoms with van der Waals surface area (Å²) in [4.78, 5) is 15.1. The minimum atomic E-state index is -0.0174. The molecule has 6 nitrogen and oxygen atoms in total. The van der Waals surface area contributed by atoms with Gasteiger partial charge in [0, 0.05) is 19.8 Å². The van der Waals surface area contributed by atoms with E-state index >= 15 is 0 Å². The highest BCUT2D eigenvalue weighted by molar-refractivity contribution is 5.93. The molecule has 4 rings (SSSR count). The van der Waals surface area contributed by atoms with E-state index in [1.807, 2.05) is 53.0 Å². The Kier molecular flexibility index (Phi) is 4.17. The number of aromatic nitrogens is 3. The van der Waals surface area contributed by atoms with Gasteiger partial charge in [-0.25, -0.2) is 0 Å². The lowest BCUT2D eigenvalue weighted by molar-refractivity contribution is 0.0652. The Bertz CT molecular complexity index is 847. The van der Waals surface area contributed by atoms with Gasteiger partial charge in [-0.3, -0.25) is 9.89 Å². The van der Waals surface area contributed by atoms with Crippen LogP contribution in [-0.2, 0) is 7.05 Å². The molecule has 1 atom stereocenters. The van der Waals surface area contributed by atoms with Crippen molar-refractivity contribution in [3.8, 4) is 11.4 Å². The second-order valence-corrected chi connectivity index (χ2v) is 6.55. The standard InChI is InChI=1S/C19H22N4O2/c1-22-10-5-8-16(22)14-13-15(21-20-14)19(24)23-11-4-2-3-7-17(23)18-9-6-12-25-18/h5-6,8-10,12-13,17H,2-4,7,11H2,1H3,(H,20,21). The molecular weight excluding hydrogens is 316 g/mol. The van der Waals surface area contributed by atoms with Crippen LogP contribution in [0.1, 0.15) is 48.0 Å². The molecule has 1 aliphatic heterocycles.